The number of carbonyl (C=O) groups excluding carboxylic acids is 2. The van der Waals surface area contributed by atoms with Gasteiger partial charge in [-0.15, -0.1) is 0 Å². The predicted molar refractivity (Wildman–Crippen MR) is 257 cm³/mol. The van der Waals surface area contributed by atoms with Crippen molar-refractivity contribution in [2.75, 3.05) is 13.2 Å². The highest BCUT2D eigenvalue weighted by molar-refractivity contribution is 5.69. The topological polar surface area (TPSA) is 52.6 Å². The van der Waals surface area contributed by atoms with Gasteiger partial charge in [-0.25, -0.2) is 0 Å². The highest BCUT2D eigenvalue weighted by Crippen LogP contribution is 2.33. The van der Waals surface area contributed by atoms with Crippen molar-refractivity contribution in [2.24, 2.45) is 5.41 Å². The molecule has 0 amide bonds. The number of hydrogen-bond donors (Lipinski definition) is 0. The summed E-state index contributed by atoms with van der Waals surface area (Å²) in [6.07, 6.45) is 55.2. The lowest BCUT2D eigenvalue weighted by atomic mass is 9.78. The van der Waals surface area contributed by atoms with E-state index in [4.69, 9.17) is 9.47 Å². The number of rotatable bonds is 46. The van der Waals surface area contributed by atoms with E-state index in [2.05, 4.69) is 41.5 Å². The molecular formula is C54H108O4. The van der Waals surface area contributed by atoms with Gasteiger partial charge < -0.3 is 9.47 Å². The predicted octanol–water partition coefficient (Wildman–Crippen LogP) is 18.9. The van der Waals surface area contributed by atoms with Crippen LogP contribution < -0.4 is 0 Å². The van der Waals surface area contributed by atoms with Crippen molar-refractivity contribution < 1.29 is 19.1 Å². The van der Waals surface area contributed by atoms with Crippen molar-refractivity contribution in [2.45, 2.75) is 318 Å². The van der Waals surface area contributed by atoms with E-state index in [0.29, 0.717) is 26.1 Å². The molecular weight excluding hydrogens is 713 g/mol. The second-order valence-corrected chi connectivity index (χ2v) is 18.4. The molecule has 4 nitrogen and oxygen atoms in total. The minimum Gasteiger partial charge on any atom is -0.466 e. The average Bonchev–Trinajstić information content (AvgIpc) is 3.24. The van der Waals surface area contributed by atoms with Crippen molar-refractivity contribution in [3.8, 4) is 0 Å². The first-order valence-corrected chi connectivity index (χ1v) is 26.8. The average molecular weight is 821 g/mol. The quantitative estimate of drug-likeness (QED) is 0.0453. The zero-order chi connectivity index (χ0) is 42.9. The Kier molecular flexibility index (Phi) is 51.2. The van der Waals surface area contributed by atoms with Crippen LogP contribution in [-0.4, -0.2) is 25.2 Å². The van der Waals surface area contributed by atoms with Gasteiger partial charge >= 0.3 is 11.9 Å². The molecule has 0 atom stereocenters. The molecule has 0 heterocycles. The van der Waals surface area contributed by atoms with Crippen LogP contribution in [0.4, 0.5) is 0 Å². The lowest BCUT2D eigenvalue weighted by Crippen LogP contribution is -2.27. The molecule has 0 unspecified atom stereocenters. The third-order valence-electron chi connectivity index (χ3n) is 12.8. The van der Waals surface area contributed by atoms with Crippen LogP contribution in [0, 0.1) is 5.41 Å². The number of esters is 2. The van der Waals surface area contributed by atoms with Crippen molar-refractivity contribution >= 4 is 11.9 Å². The summed E-state index contributed by atoms with van der Waals surface area (Å²) in [5.41, 5.74) is 0.210. The maximum atomic E-state index is 12.1. The van der Waals surface area contributed by atoms with Crippen LogP contribution in [0.25, 0.3) is 0 Å². The highest BCUT2D eigenvalue weighted by Gasteiger charge is 2.27. The van der Waals surface area contributed by atoms with E-state index in [9.17, 15) is 9.59 Å². The summed E-state index contributed by atoms with van der Waals surface area (Å²) in [4.78, 5) is 23.8. The fraction of sp³-hybridized carbons (Fsp3) is 0.963. The van der Waals surface area contributed by atoms with Gasteiger partial charge in [0.25, 0.3) is 0 Å². The molecule has 0 bridgehead atoms. The van der Waals surface area contributed by atoms with E-state index in [-0.39, 0.29) is 17.4 Å². The summed E-state index contributed by atoms with van der Waals surface area (Å²) in [6.45, 7) is 14.8. The lowest BCUT2D eigenvalue weighted by Gasteiger charge is -2.31. The van der Waals surface area contributed by atoms with E-state index in [1.54, 1.807) is 0 Å². The standard InChI is InChI=1S/C28H56O2.C26H52O2/c1-3-5-7-9-11-13-14-15-16-17-18-19-20-22-24-26-28(29)30-27-25-23-21-12-10-8-6-4-2;1-5-9-11-12-13-14-15-16-17-18-19-20-21-22-25(27)28-24-26(7-3,8-4)23-10-6-2/h3-27H2,1-2H3;5-24H2,1-4H3. The van der Waals surface area contributed by atoms with Gasteiger partial charge in [-0.2, -0.15) is 0 Å². The van der Waals surface area contributed by atoms with Gasteiger partial charge in [-0.1, -0.05) is 266 Å². The van der Waals surface area contributed by atoms with Gasteiger partial charge in [0.2, 0.25) is 0 Å². The number of ether oxygens (including phenoxy) is 2. The van der Waals surface area contributed by atoms with Crippen LogP contribution in [0.3, 0.4) is 0 Å². The molecule has 0 aliphatic carbocycles. The first kappa shape index (κ1) is 59.0. The summed E-state index contributed by atoms with van der Waals surface area (Å²) in [7, 11) is 0. The Hall–Kier alpha value is -1.06. The molecule has 348 valence electrons. The molecule has 0 spiro atoms. The van der Waals surface area contributed by atoms with E-state index >= 15 is 0 Å². The maximum Gasteiger partial charge on any atom is 0.305 e. The minimum atomic E-state index is 0.0193. The third kappa shape index (κ3) is 46.0. The van der Waals surface area contributed by atoms with Gasteiger partial charge in [-0.3, -0.25) is 9.59 Å². The summed E-state index contributed by atoms with van der Waals surface area (Å²) >= 11 is 0. The summed E-state index contributed by atoms with van der Waals surface area (Å²) in [5.74, 6) is 0.0403. The second-order valence-electron chi connectivity index (χ2n) is 18.4. The molecule has 0 rings (SSSR count). The fourth-order valence-corrected chi connectivity index (χ4v) is 8.16. The zero-order valence-corrected chi connectivity index (χ0v) is 41.0. The van der Waals surface area contributed by atoms with Crippen molar-refractivity contribution in [3.63, 3.8) is 0 Å². The Morgan fingerprint density at radius 1 is 0.310 bits per heavy atom. The Balaban J connectivity index is 0. The monoisotopic (exact) mass is 821 g/mol. The summed E-state index contributed by atoms with van der Waals surface area (Å²) in [6, 6.07) is 0. The van der Waals surface area contributed by atoms with E-state index < -0.39 is 0 Å². The molecule has 4 heteroatoms. The van der Waals surface area contributed by atoms with E-state index in [1.165, 1.54) is 231 Å². The largest absolute Gasteiger partial charge is 0.466 e. The number of carbonyl (C=O) groups is 2. The van der Waals surface area contributed by atoms with Gasteiger partial charge in [0.15, 0.2) is 0 Å². The van der Waals surface area contributed by atoms with E-state index in [1.807, 2.05) is 0 Å². The van der Waals surface area contributed by atoms with Crippen LogP contribution in [0.2, 0.25) is 0 Å². The Labute approximate surface area is 366 Å². The molecule has 0 N–H and O–H groups in total. The van der Waals surface area contributed by atoms with Gasteiger partial charge in [-0.05, 0) is 38.5 Å². The van der Waals surface area contributed by atoms with Crippen molar-refractivity contribution in [3.05, 3.63) is 0 Å². The summed E-state index contributed by atoms with van der Waals surface area (Å²) in [5, 5.41) is 0. The minimum absolute atomic E-state index is 0.0193. The van der Waals surface area contributed by atoms with Crippen LogP contribution in [0.5, 0.6) is 0 Å². The summed E-state index contributed by atoms with van der Waals surface area (Å²) < 4.78 is 11.0. The normalized spacial score (nSPS) is 11.4. The molecule has 0 aliphatic rings. The van der Waals surface area contributed by atoms with Crippen molar-refractivity contribution in [1.29, 1.82) is 0 Å². The van der Waals surface area contributed by atoms with Gasteiger partial charge in [0.1, 0.15) is 0 Å². The molecule has 0 fully saturated rings. The molecule has 0 aromatic heterocycles. The molecule has 0 aliphatic heterocycles. The first-order valence-electron chi connectivity index (χ1n) is 26.8. The van der Waals surface area contributed by atoms with Crippen LogP contribution in [-0.2, 0) is 19.1 Å². The highest BCUT2D eigenvalue weighted by atomic mass is 16.5. The SMILES string of the molecule is CCCCCCCCCCCCCCCC(=O)OCC(CC)(CC)CCCC.CCCCCCCCCCCCCCCCCC(=O)OCCCCCCCCCC. The smallest absolute Gasteiger partial charge is 0.305 e. The maximum absolute atomic E-state index is 12.1. The molecule has 0 aromatic rings. The molecule has 0 saturated heterocycles. The second kappa shape index (κ2) is 50.3. The first-order chi connectivity index (χ1) is 28.4. The zero-order valence-electron chi connectivity index (χ0n) is 41.0. The molecule has 58 heavy (non-hydrogen) atoms. The fourth-order valence-electron chi connectivity index (χ4n) is 8.16. The van der Waals surface area contributed by atoms with Crippen LogP contribution in [0.1, 0.15) is 318 Å². The van der Waals surface area contributed by atoms with Crippen LogP contribution in [0.15, 0.2) is 0 Å². The van der Waals surface area contributed by atoms with Gasteiger partial charge in [0.05, 0.1) is 13.2 Å². The number of unbranched alkanes of at least 4 members (excludes halogenated alkanes) is 34. The Morgan fingerprint density at radius 2 is 0.569 bits per heavy atom. The third-order valence-corrected chi connectivity index (χ3v) is 12.8. The van der Waals surface area contributed by atoms with Gasteiger partial charge in [0, 0.05) is 18.3 Å². The molecule has 0 saturated carbocycles. The Bertz CT molecular complexity index is 790. The number of hydrogen-bond acceptors (Lipinski definition) is 4. The van der Waals surface area contributed by atoms with Crippen molar-refractivity contribution in [1.82, 2.24) is 0 Å². The molecule has 0 radical (unpaired) electrons. The Morgan fingerprint density at radius 3 is 0.862 bits per heavy atom. The van der Waals surface area contributed by atoms with Crippen LogP contribution >= 0.6 is 0 Å². The van der Waals surface area contributed by atoms with E-state index in [0.717, 1.165) is 32.1 Å². The molecule has 0 aromatic carbocycles. The lowest BCUT2D eigenvalue weighted by molar-refractivity contribution is -0.148.